The molecule has 2 aromatic rings. The molecule has 4 nitrogen and oxygen atoms in total. The summed E-state index contributed by atoms with van der Waals surface area (Å²) >= 11 is 0. The predicted molar refractivity (Wildman–Crippen MR) is 113 cm³/mol. The molecule has 1 aliphatic heterocycles. The van der Waals surface area contributed by atoms with E-state index in [4.69, 9.17) is 4.74 Å². The van der Waals surface area contributed by atoms with Crippen LogP contribution in [-0.4, -0.2) is 37.0 Å². The number of benzene rings is 2. The third-order valence-corrected chi connectivity index (χ3v) is 5.53. The molecule has 4 heteroatoms. The zero-order valence-corrected chi connectivity index (χ0v) is 17.5. The van der Waals surface area contributed by atoms with Crippen molar-refractivity contribution in [2.24, 2.45) is 5.41 Å². The van der Waals surface area contributed by atoms with Crippen molar-refractivity contribution in [2.45, 2.75) is 46.4 Å². The molecule has 1 heterocycles. The fourth-order valence-corrected chi connectivity index (χ4v) is 3.66. The van der Waals surface area contributed by atoms with Crippen LogP contribution in [0.4, 0.5) is 0 Å². The number of carbonyl (C=O) groups is 1. The number of methoxy groups -OCH3 is 1. The van der Waals surface area contributed by atoms with Gasteiger partial charge in [0, 0.05) is 38.3 Å². The van der Waals surface area contributed by atoms with Crippen LogP contribution >= 0.6 is 0 Å². The second-order valence-corrected chi connectivity index (χ2v) is 8.78. The Labute approximate surface area is 168 Å². The molecule has 1 aliphatic rings. The Morgan fingerprint density at radius 2 is 1.79 bits per heavy atom. The quantitative estimate of drug-likeness (QED) is 0.822. The minimum absolute atomic E-state index is 0.0127. The summed E-state index contributed by atoms with van der Waals surface area (Å²) in [6.07, 6.45) is 1.07. The first-order chi connectivity index (χ1) is 13.4. The summed E-state index contributed by atoms with van der Waals surface area (Å²) < 4.78 is 5.14. The summed E-state index contributed by atoms with van der Waals surface area (Å²) in [4.78, 5) is 15.3. The Kier molecular flexibility index (Phi) is 6.53. The highest BCUT2D eigenvalue weighted by Crippen LogP contribution is 2.24. The van der Waals surface area contributed by atoms with Crippen molar-refractivity contribution in [3.05, 3.63) is 70.8 Å². The molecule has 2 aromatic carbocycles. The highest BCUT2D eigenvalue weighted by molar-refractivity contribution is 5.94. The molecule has 1 N–H and O–H groups in total. The highest BCUT2D eigenvalue weighted by Gasteiger charge is 2.29. The monoisotopic (exact) mass is 380 g/mol. The third-order valence-electron chi connectivity index (χ3n) is 5.53. The Morgan fingerprint density at radius 3 is 2.43 bits per heavy atom. The SMILES string of the molecule is COCc1ccc(C(=O)N[C@@H](CN2CCc3ccccc3C2)C(C)(C)C)cc1. The van der Waals surface area contributed by atoms with Crippen LogP contribution < -0.4 is 5.32 Å². The molecule has 0 aliphatic carbocycles. The second kappa shape index (κ2) is 8.89. The van der Waals surface area contributed by atoms with Gasteiger partial charge in [0.25, 0.3) is 5.91 Å². The molecule has 1 atom stereocenters. The van der Waals surface area contributed by atoms with E-state index in [0.29, 0.717) is 12.2 Å². The van der Waals surface area contributed by atoms with Gasteiger partial charge in [-0.1, -0.05) is 57.2 Å². The zero-order chi connectivity index (χ0) is 20.1. The van der Waals surface area contributed by atoms with Crippen LogP contribution in [0.3, 0.4) is 0 Å². The summed E-state index contributed by atoms with van der Waals surface area (Å²) in [5, 5.41) is 3.28. The van der Waals surface area contributed by atoms with Crippen molar-refractivity contribution in [1.82, 2.24) is 10.2 Å². The average Bonchev–Trinajstić information content (AvgIpc) is 2.67. The second-order valence-electron chi connectivity index (χ2n) is 8.78. The maximum Gasteiger partial charge on any atom is 0.251 e. The van der Waals surface area contributed by atoms with Gasteiger partial charge < -0.3 is 10.1 Å². The topological polar surface area (TPSA) is 41.6 Å². The van der Waals surface area contributed by atoms with Crippen LogP contribution in [0.15, 0.2) is 48.5 Å². The fraction of sp³-hybridized carbons (Fsp3) is 0.458. The van der Waals surface area contributed by atoms with Gasteiger partial charge in [-0.05, 0) is 40.7 Å². The number of rotatable bonds is 6. The first-order valence-electron chi connectivity index (χ1n) is 10.0. The van der Waals surface area contributed by atoms with E-state index in [0.717, 1.165) is 31.6 Å². The number of hydrogen-bond donors (Lipinski definition) is 1. The minimum Gasteiger partial charge on any atom is -0.380 e. The van der Waals surface area contributed by atoms with E-state index in [-0.39, 0.29) is 17.4 Å². The minimum atomic E-state index is -0.0252. The van der Waals surface area contributed by atoms with Crippen molar-refractivity contribution in [3.63, 3.8) is 0 Å². The van der Waals surface area contributed by atoms with Gasteiger partial charge >= 0.3 is 0 Å². The molecule has 0 saturated carbocycles. The molecular weight excluding hydrogens is 348 g/mol. The van der Waals surface area contributed by atoms with E-state index in [1.165, 1.54) is 11.1 Å². The summed E-state index contributed by atoms with van der Waals surface area (Å²) in [5.74, 6) is -0.0127. The lowest BCUT2D eigenvalue weighted by molar-refractivity contribution is 0.0863. The molecule has 0 saturated heterocycles. The zero-order valence-electron chi connectivity index (χ0n) is 17.5. The van der Waals surface area contributed by atoms with E-state index in [1.807, 2.05) is 24.3 Å². The van der Waals surface area contributed by atoms with Gasteiger partial charge in [-0.25, -0.2) is 0 Å². The van der Waals surface area contributed by atoms with E-state index in [1.54, 1.807) is 7.11 Å². The highest BCUT2D eigenvalue weighted by atomic mass is 16.5. The van der Waals surface area contributed by atoms with E-state index >= 15 is 0 Å². The Morgan fingerprint density at radius 1 is 1.11 bits per heavy atom. The molecule has 0 spiro atoms. The number of carbonyl (C=O) groups excluding carboxylic acids is 1. The average molecular weight is 381 g/mol. The molecule has 0 unspecified atom stereocenters. The lowest BCUT2D eigenvalue weighted by Crippen LogP contribution is -2.51. The maximum absolute atomic E-state index is 12.9. The summed E-state index contributed by atoms with van der Waals surface area (Å²) in [7, 11) is 1.67. The van der Waals surface area contributed by atoms with E-state index in [2.05, 4.69) is 55.3 Å². The number of hydrogen-bond acceptors (Lipinski definition) is 3. The van der Waals surface area contributed by atoms with Crippen molar-refractivity contribution in [2.75, 3.05) is 20.2 Å². The van der Waals surface area contributed by atoms with E-state index in [9.17, 15) is 4.79 Å². The van der Waals surface area contributed by atoms with Crippen molar-refractivity contribution >= 4 is 5.91 Å². The van der Waals surface area contributed by atoms with Gasteiger partial charge in [0.1, 0.15) is 0 Å². The molecule has 0 fully saturated rings. The molecule has 28 heavy (non-hydrogen) atoms. The molecular formula is C24H32N2O2. The van der Waals surface area contributed by atoms with Crippen LogP contribution in [-0.2, 0) is 24.3 Å². The first kappa shape index (κ1) is 20.6. The summed E-state index contributed by atoms with van der Waals surface area (Å²) in [6.45, 7) is 9.97. The van der Waals surface area contributed by atoms with Gasteiger partial charge in [0.2, 0.25) is 0 Å². The van der Waals surface area contributed by atoms with Gasteiger partial charge in [-0.15, -0.1) is 0 Å². The summed E-state index contributed by atoms with van der Waals surface area (Å²) in [5.41, 5.74) is 4.59. The number of nitrogens with zero attached hydrogens (tertiary/aromatic N) is 1. The largest absolute Gasteiger partial charge is 0.380 e. The van der Waals surface area contributed by atoms with Crippen LogP contribution in [0.5, 0.6) is 0 Å². The number of amides is 1. The first-order valence-corrected chi connectivity index (χ1v) is 10.0. The fourth-order valence-electron chi connectivity index (χ4n) is 3.66. The van der Waals surface area contributed by atoms with Crippen LogP contribution in [0.2, 0.25) is 0 Å². The van der Waals surface area contributed by atoms with Crippen LogP contribution in [0.25, 0.3) is 0 Å². The third kappa shape index (κ3) is 5.21. The van der Waals surface area contributed by atoms with Crippen molar-refractivity contribution < 1.29 is 9.53 Å². The standard InChI is InChI=1S/C24H32N2O2/c1-24(2,3)22(16-26-14-13-19-7-5-6-8-21(19)15-26)25-23(27)20-11-9-18(10-12-20)17-28-4/h5-12,22H,13-17H2,1-4H3,(H,25,27)/t22-/m0/s1. The van der Waals surface area contributed by atoms with E-state index < -0.39 is 0 Å². The number of nitrogens with one attached hydrogen (secondary N) is 1. The molecule has 0 radical (unpaired) electrons. The van der Waals surface area contributed by atoms with Gasteiger partial charge in [-0.3, -0.25) is 9.69 Å². The van der Waals surface area contributed by atoms with Crippen LogP contribution in [0, 0.1) is 5.41 Å². The Balaban J connectivity index is 1.66. The normalized spacial score (nSPS) is 15.7. The van der Waals surface area contributed by atoms with Crippen molar-refractivity contribution in [3.8, 4) is 0 Å². The molecule has 0 aromatic heterocycles. The lowest BCUT2D eigenvalue weighted by atomic mass is 9.85. The van der Waals surface area contributed by atoms with Gasteiger partial charge in [0.15, 0.2) is 0 Å². The number of ether oxygens (including phenoxy) is 1. The van der Waals surface area contributed by atoms with Gasteiger partial charge in [0.05, 0.1) is 6.61 Å². The van der Waals surface area contributed by atoms with Crippen molar-refractivity contribution in [1.29, 1.82) is 0 Å². The van der Waals surface area contributed by atoms with Gasteiger partial charge in [-0.2, -0.15) is 0 Å². The molecule has 150 valence electrons. The maximum atomic E-state index is 12.9. The summed E-state index contributed by atoms with van der Waals surface area (Å²) in [6, 6.07) is 16.4. The molecule has 3 rings (SSSR count). The molecule has 0 bridgehead atoms. The van der Waals surface area contributed by atoms with Crippen LogP contribution in [0.1, 0.15) is 47.8 Å². The Hall–Kier alpha value is -2.17. The number of fused-ring (bicyclic) bond motifs is 1. The smallest absolute Gasteiger partial charge is 0.251 e. The molecule has 1 amide bonds. The Bertz CT molecular complexity index is 793. The predicted octanol–water partition coefficient (Wildman–Crippen LogP) is 4.04. The lowest BCUT2D eigenvalue weighted by Gasteiger charge is -2.38.